The quantitative estimate of drug-likeness (QED) is 0.596. The van der Waals surface area contributed by atoms with Crippen LogP contribution in [-0.4, -0.2) is 32.7 Å². The molecule has 0 aliphatic carbocycles. The zero-order chi connectivity index (χ0) is 21.1. The highest BCUT2D eigenvalue weighted by molar-refractivity contribution is 7.98. The molecule has 2 N–H and O–H groups in total. The molecule has 1 saturated heterocycles. The fourth-order valence-electron chi connectivity index (χ4n) is 3.48. The largest absolute Gasteiger partial charge is 0.334 e. The Labute approximate surface area is 179 Å². The molecule has 30 heavy (non-hydrogen) atoms. The van der Waals surface area contributed by atoms with Crippen LogP contribution in [-0.2, 0) is 17.0 Å². The van der Waals surface area contributed by atoms with Crippen LogP contribution in [0.3, 0.4) is 0 Å². The van der Waals surface area contributed by atoms with Gasteiger partial charge in [-0.3, -0.25) is 14.7 Å². The number of nitrogens with zero attached hydrogens (tertiary/aromatic N) is 3. The maximum absolute atomic E-state index is 11.8. The van der Waals surface area contributed by atoms with Crippen molar-refractivity contribution in [2.45, 2.75) is 43.6 Å². The van der Waals surface area contributed by atoms with Gasteiger partial charge in [0.25, 0.3) is 0 Å². The molecule has 7 nitrogen and oxygen atoms in total. The van der Waals surface area contributed by atoms with Crippen molar-refractivity contribution in [1.82, 2.24) is 25.4 Å². The maximum Gasteiger partial charge on any atom is 0.321 e. The first-order valence-corrected chi connectivity index (χ1v) is 10.8. The first-order valence-electron chi connectivity index (χ1n) is 9.78. The van der Waals surface area contributed by atoms with Crippen LogP contribution in [0.1, 0.15) is 28.9 Å². The van der Waals surface area contributed by atoms with Gasteiger partial charge in [-0.1, -0.05) is 48.2 Å². The third kappa shape index (κ3) is 4.54. The van der Waals surface area contributed by atoms with Crippen molar-refractivity contribution >= 4 is 23.7 Å². The summed E-state index contributed by atoms with van der Waals surface area (Å²) in [6.07, 6.45) is 0.642. The van der Waals surface area contributed by atoms with Gasteiger partial charge in [0, 0.05) is 30.3 Å². The van der Waals surface area contributed by atoms with Gasteiger partial charge in [-0.15, -0.1) is 10.2 Å². The number of carbonyl (C=O) groups is 2. The molecule has 3 amide bonds. The van der Waals surface area contributed by atoms with Crippen LogP contribution in [0.25, 0.3) is 5.69 Å². The van der Waals surface area contributed by atoms with Gasteiger partial charge in [0.05, 0.1) is 0 Å². The second-order valence-electron chi connectivity index (χ2n) is 7.42. The van der Waals surface area contributed by atoms with Gasteiger partial charge >= 0.3 is 6.03 Å². The molecule has 0 saturated carbocycles. The molecule has 4 rings (SSSR count). The van der Waals surface area contributed by atoms with E-state index in [0.29, 0.717) is 12.2 Å². The summed E-state index contributed by atoms with van der Waals surface area (Å²) in [5, 5.41) is 14.7. The van der Waals surface area contributed by atoms with E-state index in [4.69, 9.17) is 0 Å². The molecular formula is C22H23N5O2S. The van der Waals surface area contributed by atoms with Crippen LogP contribution in [0.4, 0.5) is 4.79 Å². The number of hydrogen-bond acceptors (Lipinski definition) is 5. The van der Waals surface area contributed by atoms with Gasteiger partial charge < -0.3 is 5.32 Å². The lowest BCUT2D eigenvalue weighted by molar-refractivity contribution is -0.121. The number of benzene rings is 2. The van der Waals surface area contributed by atoms with E-state index < -0.39 is 6.03 Å². The lowest BCUT2D eigenvalue weighted by atomic mass is 10.1. The van der Waals surface area contributed by atoms with E-state index in [0.717, 1.165) is 22.2 Å². The zero-order valence-electron chi connectivity index (χ0n) is 16.9. The summed E-state index contributed by atoms with van der Waals surface area (Å²) in [4.78, 5) is 23.4. The normalized spacial score (nSPS) is 16.3. The third-order valence-corrected chi connectivity index (χ3v) is 6.00. The average molecular weight is 422 g/mol. The molecule has 0 spiro atoms. The van der Waals surface area contributed by atoms with Gasteiger partial charge in [0.15, 0.2) is 5.16 Å². The highest BCUT2D eigenvalue weighted by Gasteiger charge is 2.26. The Hall–Kier alpha value is -3.13. The number of aromatic nitrogens is 3. The Morgan fingerprint density at radius 3 is 2.70 bits per heavy atom. The fraction of sp³-hybridized carbons (Fsp3) is 0.273. The Kier molecular flexibility index (Phi) is 5.85. The molecule has 1 aromatic heterocycles. The van der Waals surface area contributed by atoms with E-state index in [1.165, 1.54) is 11.1 Å². The highest BCUT2D eigenvalue weighted by atomic mass is 32.2. The molecule has 154 valence electrons. The van der Waals surface area contributed by atoms with E-state index >= 15 is 0 Å². The predicted octanol–water partition coefficient (Wildman–Crippen LogP) is 3.32. The van der Waals surface area contributed by atoms with Crippen molar-refractivity contribution in [3.63, 3.8) is 0 Å². The molecule has 8 heteroatoms. The molecule has 2 aromatic carbocycles. The number of nitrogens with one attached hydrogen (secondary N) is 2. The molecule has 1 aliphatic rings. The van der Waals surface area contributed by atoms with E-state index in [-0.39, 0.29) is 18.4 Å². The molecule has 1 unspecified atom stereocenters. The smallest absolute Gasteiger partial charge is 0.321 e. The summed E-state index contributed by atoms with van der Waals surface area (Å²) < 4.78 is 2.02. The van der Waals surface area contributed by atoms with E-state index in [2.05, 4.69) is 46.0 Å². The zero-order valence-corrected chi connectivity index (χ0v) is 17.7. The number of thioether (sulfide) groups is 1. The molecule has 1 atom stereocenters. The predicted molar refractivity (Wildman–Crippen MR) is 116 cm³/mol. The molecular weight excluding hydrogens is 398 g/mol. The molecule has 1 fully saturated rings. The van der Waals surface area contributed by atoms with Gasteiger partial charge in [-0.25, -0.2) is 4.79 Å². The van der Waals surface area contributed by atoms with Crippen LogP contribution in [0.15, 0.2) is 53.7 Å². The lowest BCUT2D eigenvalue weighted by Crippen LogP contribution is -2.53. The maximum atomic E-state index is 11.8. The van der Waals surface area contributed by atoms with Crippen molar-refractivity contribution in [2.75, 3.05) is 0 Å². The number of urea groups is 1. The number of rotatable bonds is 6. The molecule has 2 heterocycles. The Morgan fingerprint density at radius 1 is 1.10 bits per heavy atom. The first kappa shape index (κ1) is 20.2. The number of hydrogen-bond donors (Lipinski definition) is 2. The summed E-state index contributed by atoms with van der Waals surface area (Å²) in [5.41, 5.74) is 4.59. The van der Waals surface area contributed by atoms with Crippen molar-refractivity contribution in [3.05, 3.63) is 71.0 Å². The Bertz CT molecular complexity index is 1080. The minimum Gasteiger partial charge on any atom is -0.334 e. The topological polar surface area (TPSA) is 88.9 Å². The Morgan fingerprint density at radius 2 is 1.93 bits per heavy atom. The van der Waals surface area contributed by atoms with Gasteiger partial charge in [-0.05, 0) is 42.7 Å². The summed E-state index contributed by atoms with van der Waals surface area (Å²) >= 11 is 1.62. The van der Waals surface area contributed by atoms with Gasteiger partial charge in [-0.2, -0.15) is 0 Å². The first-order chi connectivity index (χ1) is 14.5. The molecule has 0 bridgehead atoms. The molecule has 1 aliphatic heterocycles. The van der Waals surface area contributed by atoms with E-state index in [1.807, 2.05) is 41.8 Å². The van der Waals surface area contributed by atoms with E-state index in [1.54, 1.807) is 11.8 Å². The lowest BCUT2D eigenvalue weighted by Gasteiger charge is -2.23. The van der Waals surface area contributed by atoms with Gasteiger partial charge in [0.2, 0.25) is 5.91 Å². The highest BCUT2D eigenvalue weighted by Crippen LogP contribution is 2.27. The summed E-state index contributed by atoms with van der Waals surface area (Å²) in [7, 11) is 0. The molecule has 0 radical (unpaired) electrons. The number of carbonyl (C=O) groups excluding carboxylic acids is 2. The fourth-order valence-corrected chi connectivity index (χ4v) is 4.53. The second kappa shape index (κ2) is 8.71. The van der Waals surface area contributed by atoms with Gasteiger partial charge in [0.1, 0.15) is 5.82 Å². The second-order valence-corrected chi connectivity index (χ2v) is 8.36. The van der Waals surface area contributed by atoms with Crippen LogP contribution in [0, 0.1) is 13.8 Å². The van der Waals surface area contributed by atoms with Crippen molar-refractivity contribution in [3.8, 4) is 5.69 Å². The summed E-state index contributed by atoms with van der Waals surface area (Å²) in [5.74, 6) is 1.21. The van der Waals surface area contributed by atoms with Crippen LogP contribution in [0.5, 0.6) is 0 Å². The molecule has 3 aromatic rings. The number of amides is 3. The summed E-state index contributed by atoms with van der Waals surface area (Å²) in [6.45, 7) is 4.14. The monoisotopic (exact) mass is 421 g/mol. The van der Waals surface area contributed by atoms with Crippen molar-refractivity contribution < 1.29 is 9.59 Å². The third-order valence-electron chi connectivity index (χ3n) is 5.03. The summed E-state index contributed by atoms with van der Waals surface area (Å²) in [6, 6.07) is 15.7. The minimum absolute atomic E-state index is 0.220. The van der Waals surface area contributed by atoms with E-state index in [9.17, 15) is 9.59 Å². The Balaban J connectivity index is 1.64. The number of aryl methyl sites for hydroxylation is 2. The van der Waals surface area contributed by atoms with Crippen LogP contribution < -0.4 is 10.6 Å². The number of imide groups is 1. The minimum atomic E-state index is -0.466. The van der Waals surface area contributed by atoms with Crippen LogP contribution >= 0.6 is 11.8 Å². The van der Waals surface area contributed by atoms with Crippen molar-refractivity contribution in [2.24, 2.45) is 0 Å². The standard InChI is InChI=1S/C22H23N5O2S/c1-14-6-5-9-18(10-14)27-19(11-17-12-20(28)24-21(29)23-17)25-26-22(27)30-13-16-8-4-3-7-15(16)2/h3-10,17H,11-13H2,1-2H3,(H2,23,24,28,29). The van der Waals surface area contributed by atoms with Crippen molar-refractivity contribution in [1.29, 1.82) is 0 Å². The SMILES string of the molecule is Cc1cccc(-n2c(CC3CC(=O)NC(=O)N3)nnc2SCc2ccccc2C)c1. The average Bonchev–Trinajstić information content (AvgIpc) is 3.09. The van der Waals surface area contributed by atoms with Crippen LogP contribution in [0.2, 0.25) is 0 Å².